The predicted molar refractivity (Wildman–Crippen MR) is 76.6 cm³/mol. The summed E-state index contributed by atoms with van der Waals surface area (Å²) >= 11 is 0. The van der Waals surface area contributed by atoms with Gasteiger partial charge in [0.15, 0.2) is 0 Å². The largest absolute Gasteiger partial charge is 0.508 e. The zero-order valence-electron chi connectivity index (χ0n) is 11.6. The van der Waals surface area contributed by atoms with Gasteiger partial charge in [0, 0.05) is 12.6 Å². The highest BCUT2D eigenvalue weighted by Crippen LogP contribution is 2.17. The van der Waals surface area contributed by atoms with Crippen molar-refractivity contribution in [3.8, 4) is 11.5 Å². The standard InChI is InChI=1S/C15H25NO3/c1-2-3-4-5-9-16-11-14(18)12-19-15-8-6-7-13(17)10-15/h6-8,10,14,16-18H,2-5,9,11-12H2,1H3. The van der Waals surface area contributed by atoms with Crippen molar-refractivity contribution in [2.24, 2.45) is 0 Å². The van der Waals surface area contributed by atoms with Gasteiger partial charge in [0.1, 0.15) is 24.2 Å². The number of aliphatic hydroxyl groups excluding tert-OH is 1. The fourth-order valence-corrected chi connectivity index (χ4v) is 1.77. The van der Waals surface area contributed by atoms with E-state index in [2.05, 4.69) is 12.2 Å². The smallest absolute Gasteiger partial charge is 0.123 e. The Morgan fingerprint density at radius 1 is 1.26 bits per heavy atom. The highest BCUT2D eigenvalue weighted by Gasteiger charge is 2.04. The van der Waals surface area contributed by atoms with Crippen molar-refractivity contribution in [3.05, 3.63) is 24.3 Å². The molecule has 1 aromatic rings. The van der Waals surface area contributed by atoms with Gasteiger partial charge >= 0.3 is 0 Å². The highest BCUT2D eigenvalue weighted by atomic mass is 16.5. The molecule has 0 aliphatic heterocycles. The Hall–Kier alpha value is -1.26. The van der Waals surface area contributed by atoms with Crippen molar-refractivity contribution >= 4 is 0 Å². The Balaban J connectivity index is 2.06. The minimum Gasteiger partial charge on any atom is -0.508 e. The topological polar surface area (TPSA) is 61.7 Å². The monoisotopic (exact) mass is 267 g/mol. The summed E-state index contributed by atoms with van der Waals surface area (Å²) in [5, 5.41) is 22.2. The van der Waals surface area contributed by atoms with E-state index in [1.165, 1.54) is 25.3 Å². The maximum Gasteiger partial charge on any atom is 0.123 e. The van der Waals surface area contributed by atoms with Gasteiger partial charge in [-0.2, -0.15) is 0 Å². The lowest BCUT2D eigenvalue weighted by Gasteiger charge is -2.13. The summed E-state index contributed by atoms with van der Waals surface area (Å²) in [6.07, 6.45) is 4.35. The van der Waals surface area contributed by atoms with E-state index >= 15 is 0 Å². The minimum absolute atomic E-state index is 0.168. The molecule has 0 fully saturated rings. The van der Waals surface area contributed by atoms with E-state index in [1.807, 2.05) is 0 Å². The summed E-state index contributed by atoms with van der Waals surface area (Å²) in [6.45, 7) is 3.88. The summed E-state index contributed by atoms with van der Waals surface area (Å²) in [7, 11) is 0. The third-order valence-corrected chi connectivity index (χ3v) is 2.85. The van der Waals surface area contributed by atoms with Crippen LogP contribution < -0.4 is 10.1 Å². The van der Waals surface area contributed by atoms with Crippen molar-refractivity contribution < 1.29 is 14.9 Å². The lowest BCUT2D eigenvalue weighted by molar-refractivity contribution is 0.106. The van der Waals surface area contributed by atoms with Crippen molar-refractivity contribution in [2.45, 2.75) is 38.7 Å². The van der Waals surface area contributed by atoms with E-state index in [1.54, 1.807) is 18.2 Å². The van der Waals surface area contributed by atoms with Crippen LogP contribution in [0.1, 0.15) is 32.6 Å². The second-order valence-corrected chi connectivity index (χ2v) is 4.73. The Bertz CT molecular complexity index is 344. The Morgan fingerprint density at radius 3 is 2.84 bits per heavy atom. The number of hydrogen-bond acceptors (Lipinski definition) is 4. The molecule has 0 bridgehead atoms. The molecule has 19 heavy (non-hydrogen) atoms. The molecule has 0 saturated heterocycles. The van der Waals surface area contributed by atoms with E-state index < -0.39 is 6.10 Å². The zero-order chi connectivity index (χ0) is 13.9. The van der Waals surface area contributed by atoms with E-state index in [9.17, 15) is 10.2 Å². The third-order valence-electron chi connectivity index (χ3n) is 2.85. The van der Waals surface area contributed by atoms with Gasteiger partial charge < -0.3 is 20.3 Å². The molecule has 1 atom stereocenters. The van der Waals surface area contributed by atoms with Gasteiger partial charge in [0.25, 0.3) is 0 Å². The van der Waals surface area contributed by atoms with Gasteiger partial charge in [-0.15, -0.1) is 0 Å². The van der Waals surface area contributed by atoms with Crippen molar-refractivity contribution in [1.82, 2.24) is 5.32 Å². The molecule has 0 aliphatic rings. The molecule has 0 amide bonds. The van der Waals surface area contributed by atoms with E-state index in [-0.39, 0.29) is 12.4 Å². The van der Waals surface area contributed by atoms with Crippen LogP contribution in [-0.2, 0) is 0 Å². The molecule has 4 heteroatoms. The Kier molecular flexibility index (Phi) is 8.02. The summed E-state index contributed by atoms with van der Waals surface area (Å²) < 4.78 is 5.39. The minimum atomic E-state index is -0.534. The summed E-state index contributed by atoms with van der Waals surface area (Å²) in [4.78, 5) is 0. The molecule has 0 radical (unpaired) electrons. The molecule has 1 aromatic carbocycles. The van der Waals surface area contributed by atoms with Gasteiger partial charge in [0.2, 0.25) is 0 Å². The normalized spacial score (nSPS) is 12.3. The van der Waals surface area contributed by atoms with Crippen LogP contribution in [0.5, 0.6) is 11.5 Å². The molecule has 0 spiro atoms. The lowest BCUT2D eigenvalue weighted by Crippen LogP contribution is -2.32. The van der Waals surface area contributed by atoms with Crippen LogP contribution in [0, 0.1) is 0 Å². The number of phenols is 1. The number of benzene rings is 1. The molecule has 0 heterocycles. The van der Waals surface area contributed by atoms with Crippen molar-refractivity contribution in [3.63, 3.8) is 0 Å². The maximum absolute atomic E-state index is 9.73. The van der Waals surface area contributed by atoms with Gasteiger partial charge in [-0.25, -0.2) is 0 Å². The average molecular weight is 267 g/mol. The molecule has 108 valence electrons. The van der Waals surface area contributed by atoms with Crippen molar-refractivity contribution in [2.75, 3.05) is 19.7 Å². The maximum atomic E-state index is 9.73. The van der Waals surface area contributed by atoms with E-state index in [4.69, 9.17) is 4.74 Å². The zero-order valence-corrected chi connectivity index (χ0v) is 11.6. The van der Waals surface area contributed by atoms with E-state index in [0.717, 1.165) is 13.0 Å². The predicted octanol–water partition coefficient (Wildman–Crippen LogP) is 2.30. The number of ether oxygens (including phenoxy) is 1. The number of aliphatic hydroxyl groups is 1. The van der Waals surface area contributed by atoms with Gasteiger partial charge in [-0.05, 0) is 25.1 Å². The number of aromatic hydroxyl groups is 1. The van der Waals surface area contributed by atoms with Crippen LogP contribution in [0.3, 0.4) is 0 Å². The van der Waals surface area contributed by atoms with Crippen molar-refractivity contribution in [1.29, 1.82) is 0 Å². The molecule has 1 unspecified atom stereocenters. The van der Waals surface area contributed by atoms with Gasteiger partial charge in [0.05, 0.1) is 0 Å². The van der Waals surface area contributed by atoms with Crippen LogP contribution in [-0.4, -0.2) is 36.0 Å². The lowest BCUT2D eigenvalue weighted by atomic mass is 10.2. The molecule has 4 nitrogen and oxygen atoms in total. The fraction of sp³-hybridized carbons (Fsp3) is 0.600. The first kappa shape index (κ1) is 15.8. The third kappa shape index (κ3) is 7.70. The fourth-order valence-electron chi connectivity index (χ4n) is 1.77. The first-order chi connectivity index (χ1) is 9.22. The Labute approximate surface area is 115 Å². The van der Waals surface area contributed by atoms with Crippen LogP contribution >= 0.6 is 0 Å². The number of rotatable bonds is 10. The number of hydrogen-bond donors (Lipinski definition) is 3. The molecule has 3 N–H and O–H groups in total. The molecule has 1 rings (SSSR count). The van der Waals surface area contributed by atoms with Crippen LogP contribution in [0.25, 0.3) is 0 Å². The number of nitrogens with one attached hydrogen (secondary N) is 1. The summed E-state index contributed by atoms with van der Waals surface area (Å²) in [6, 6.07) is 6.58. The second-order valence-electron chi connectivity index (χ2n) is 4.73. The molecular weight excluding hydrogens is 242 g/mol. The van der Waals surface area contributed by atoms with Crippen LogP contribution in [0.2, 0.25) is 0 Å². The van der Waals surface area contributed by atoms with Gasteiger partial charge in [-0.3, -0.25) is 0 Å². The molecular formula is C15H25NO3. The highest BCUT2D eigenvalue weighted by molar-refractivity contribution is 5.31. The molecule has 0 aliphatic carbocycles. The quantitative estimate of drug-likeness (QED) is 0.569. The summed E-state index contributed by atoms with van der Waals surface area (Å²) in [5.41, 5.74) is 0. The first-order valence-electron chi connectivity index (χ1n) is 7.03. The number of unbranched alkanes of at least 4 members (excludes halogenated alkanes) is 3. The van der Waals surface area contributed by atoms with Crippen LogP contribution in [0.4, 0.5) is 0 Å². The molecule has 0 aromatic heterocycles. The summed E-state index contributed by atoms with van der Waals surface area (Å²) in [5.74, 6) is 0.739. The van der Waals surface area contributed by atoms with E-state index in [0.29, 0.717) is 12.3 Å². The first-order valence-corrected chi connectivity index (χ1v) is 7.03. The van der Waals surface area contributed by atoms with Gasteiger partial charge in [-0.1, -0.05) is 32.3 Å². The Morgan fingerprint density at radius 2 is 2.11 bits per heavy atom. The number of phenolic OH excluding ortho intramolecular Hbond substituents is 1. The average Bonchev–Trinajstić information content (AvgIpc) is 2.40. The van der Waals surface area contributed by atoms with Crippen LogP contribution in [0.15, 0.2) is 24.3 Å². The second kappa shape index (κ2) is 9.64. The molecule has 0 saturated carbocycles. The SMILES string of the molecule is CCCCCCNCC(O)COc1cccc(O)c1.